The third-order valence-corrected chi connectivity index (χ3v) is 3.91. The lowest BCUT2D eigenvalue weighted by Gasteiger charge is -2.00. The first-order valence-electron chi connectivity index (χ1n) is 5.54. The molecule has 0 aliphatic heterocycles. The third kappa shape index (κ3) is 4.13. The highest BCUT2D eigenvalue weighted by Crippen LogP contribution is 2.30. The zero-order valence-electron chi connectivity index (χ0n) is 9.85. The molecule has 0 aliphatic rings. The summed E-state index contributed by atoms with van der Waals surface area (Å²) in [7, 11) is 0. The molecule has 0 atom stereocenters. The average Bonchev–Trinajstić information content (AvgIpc) is 2.43. The second-order valence-corrected chi connectivity index (χ2v) is 5.52. The lowest BCUT2D eigenvalue weighted by atomic mass is 10.1. The number of hydrogen-bond donors (Lipinski definition) is 0. The van der Waals surface area contributed by atoms with Gasteiger partial charge in [-0.15, -0.1) is 0 Å². The molecule has 96 valence electrons. The van der Waals surface area contributed by atoms with Crippen molar-refractivity contribution in [2.24, 2.45) is 0 Å². The number of carbonyl (C=O) groups excluding carboxylic acids is 1. The molecular formula is C15H10Cl2OS. The molecular weight excluding hydrogens is 299 g/mol. The molecule has 0 bridgehead atoms. The van der Waals surface area contributed by atoms with Gasteiger partial charge in [0.15, 0.2) is 5.78 Å². The highest BCUT2D eigenvalue weighted by molar-refractivity contribution is 8.02. The van der Waals surface area contributed by atoms with E-state index in [1.54, 1.807) is 35.7 Å². The Morgan fingerprint density at radius 3 is 2.53 bits per heavy atom. The van der Waals surface area contributed by atoms with Crippen molar-refractivity contribution in [2.75, 3.05) is 0 Å². The largest absolute Gasteiger partial charge is 0.289 e. The summed E-state index contributed by atoms with van der Waals surface area (Å²) in [5, 5.41) is 2.95. The molecule has 2 rings (SSSR count). The highest BCUT2D eigenvalue weighted by Gasteiger charge is 2.02. The van der Waals surface area contributed by atoms with Gasteiger partial charge in [0.25, 0.3) is 0 Å². The van der Waals surface area contributed by atoms with Crippen LogP contribution in [0.1, 0.15) is 10.4 Å². The van der Waals surface area contributed by atoms with Crippen LogP contribution in [0.25, 0.3) is 0 Å². The van der Waals surface area contributed by atoms with Gasteiger partial charge >= 0.3 is 0 Å². The molecule has 4 heteroatoms. The van der Waals surface area contributed by atoms with E-state index in [0.717, 1.165) is 4.90 Å². The first kappa shape index (κ1) is 14.2. The first-order valence-corrected chi connectivity index (χ1v) is 7.18. The summed E-state index contributed by atoms with van der Waals surface area (Å²) >= 11 is 13.3. The normalized spacial score (nSPS) is 10.8. The van der Waals surface area contributed by atoms with Gasteiger partial charge in [0, 0.05) is 15.5 Å². The van der Waals surface area contributed by atoms with Gasteiger partial charge < -0.3 is 0 Å². The Kier molecular flexibility index (Phi) is 5.08. The molecule has 0 radical (unpaired) electrons. The molecule has 2 aromatic carbocycles. The molecule has 0 spiro atoms. The van der Waals surface area contributed by atoms with Crippen LogP contribution >= 0.6 is 35.0 Å². The van der Waals surface area contributed by atoms with Gasteiger partial charge in [-0.3, -0.25) is 4.79 Å². The fourth-order valence-corrected chi connectivity index (χ4v) is 2.64. The minimum absolute atomic E-state index is 0.0359. The quantitative estimate of drug-likeness (QED) is 0.422. The van der Waals surface area contributed by atoms with Crippen LogP contribution in [-0.4, -0.2) is 5.78 Å². The minimum Gasteiger partial charge on any atom is -0.289 e. The van der Waals surface area contributed by atoms with Gasteiger partial charge in [0.2, 0.25) is 0 Å². The maximum Gasteiger partial charge on any atom is 0.186 e. The molecule has 0 fully saturated rings. The van der Waals surface area contributed by atoms with E-state index in [2.05, 4.69) is 0 Å². The zero-order chi connectivity index (χ0) is 13.7. The van der Waals surface area contributed by atoms with Crippen LogP contribution in [0.4, 0.5) is 0 Å². The fraction of sp³-hybridized carbons (Fsp3) is 0. The van der Waals surface area contributed by atoms with E-state index < -0.39 is 0 Å². The number of thioether (sulfide) groups is 1. The van der Waals surface area contributed by atoms with E-state index in [9.17, 15) is 4.79 Å². The van der Waals surface area contributed by atoms with Crippen LogP contribution in [-0.2, 0) is 0 Å². The predicted octanol–water partition coefficient (Wildman–Crippen LogP) is 5.48. The topological polar surface area (TPSA) is 17.1 Å². The fourth-order valence-electron chi connectivity index (χ4n) is 1.44. The highest BCUT2D eigenvalue weighted by atomic mass is 35.5. The van der Waals surface area contributed by atoms with Crippen LogP contribution in [0.5, 0.6) is 0 Å². The molecule has 0 aliphatic carbocycles. The van der Waals surface area contributed by atoms with E-state index in [0.29, 0.717) is 15.6 Å². The van der Waals surface area contributed by atoms with E-state index in [4.69, 9.17) is 23.2 Å². The predicted molar refractivity (Wildman–Crippen MR) is 82.2 cm³/mol. The Balaban J connectivity index is 2.04. The maximum absolute atomic E-state index is 11.8. The molecule has 2 aromatic rings. The SMILES string of the molecule is O=C(/C=C/Sc1cc(Cl)ccc1Cl)c1ccccc1. The zero-order valence-corrected chi connectivity index (χ0v) is 12.2. The third-order valence-electron chi connectivity index (χ3n) is 2.37. The number of rotatable bonds is 4. The average molecular weight is 309 g/mol. The van der Waals surface area contributed by atoms with E-state index in [1.165, 1.54) is 17.8 Å². The number of allylic oxidation sites excluding steroid dienone is 1. The lowest BCUT2D eigenvalue weighted by Crippen LogP contribution is -1.92. The molecule has 0 saturated heterocycles. The van der Waals surface area contributed by atoms with Crippen molar-refractivity contribution in [1.82, 2.24) is 0 Å². The van der Waals surface area contributed by atoms with Gasteiger partial charge in [-0.25, -0.2) is 0 Å². The van der Waals surface area contributed by atoms with Crippen molar-refractivity contribution in [3.05, 3.63) is 75.6 Å². The van der Waals surface area contributed by atoms with Gasteiger partial charge in [-0.2, -0.15) is 0 Å². The Morgan fingerprint density at radius 2 is 1.79 bits per heavy atom. The summed E-state index contributed by atoms with van der Waals surface area (Å²) < 4.78 is 0. The number of carbonyl (C=O) groups is 1. The second kappa shape index (κ2) is 6.80. The number of ketones is 1. The molecule has 0 amide bonds. The smallest absolute Gasteiger partial charge is 0.186 e. The standard InChI is InChI=1S/C15H10Cl2OS/c16-12-6-7-13(17)15(10-12)19-9-8-14(18)11-4-2-1-3-5-11/h1-10H/b9-8+. The summed E-state index contributed by atoms with van der Waals surface area (Å²) in [6.07, 6.45) is 1.53. The molecule has 0 heterocycles. The summed E-state index contributed by atoms with van der Waals surface area (Å²) in [5.41, 5.74) is 0.663. The molecule has 19 heavy (non-hydrogen) atoms. The Bertz CT molecular complexity index is 609. The van der Waals surface area contributed by atoms with Gasteiger partial charge in [-0.05, 0) is 29.7 Å². The van der Waals surface area contributed by atoms with Gasteiger partial charge in [0.1, 0.15) is 0 Å². The summed E-state index contributed by atoms with van der Waals surface area (Å²) in [6.45, 7) is 0. The van der Waals surface area contributed by atoms with Gasteiger partial charge in [-0.1, -0.05) is 65.3 Å². The minimum atomic E-state index is -0.0359. The summed E-state index contributed by atoms with van der Waals surface area (Å²) in [4.78, 5) is 12.7. The van der Waals surface area contributed by atoms with Crippen molar-refractivity contribution in [1.29, 1.82) is 0 Å². The molecule has 0 aromatic heterocycles. The van der Waals surface area contributed by atoms with Crippen LogP contribution < -0.4 is 0 Å². The second-order valence-electron chi connectivity index (χ2n) is 3.73. The molecule has 0 saturated carbocycles. The lowest BCUT2D eigenvalue weighted by molar-refractivity contribution is 0.104. The van der Waals surface area contributed by atoms with Crippen LogP contribution in [0.3, 0.4) is 0 Å². The van der Waals surface area contributed by atoms with E-state index >= 15 is 0 Å². The Labute approximate surface area is 126 Å². The summed E-state index contributed by atoms with van der Waals surface area (Å²) in [5.74, 6) is -0.0359. The van der Waals surface area contributed by atoms with Crippen molar-refractivity contribution >= 4 is 40.7 Å². The van der Waals surface area contributed by atoms with Crippen molar-refractivity contribution < 1.29 is 4.79 Å². The van der Waals surface area contributed by atoms with Crippen LogP contribution in [0, 0.1) is 0 Å². The Hall–Kier alpha value is -1.22. The summed E-state index contributed by atoms with van der Waals surface area (Å²) in [6, 6.07) is 14.3. The van der Waals surface area contributed by atoms with Crippen LogP contribution in [0.15, 0.2) is 64.9 Å². The number of benzene rings is 2. The number of hydrogen-bond acceptors (Lipinski definition) is 2. The molecule has 1 nitrogen and oxygen atoms in total. The van der Waals surface area contributed by atoms with E-state index in [1.807, 2.05) is 18.2 Å². The Morgan fingerprint density at radius 1 is 1.05 bits per heavy atom. The number of halogens is 2. The maximum atomic E-state index is 11.8. The van der Waals surface area contributed by atoms with Gasteiger partial charge in [0.05, 0.1) is 5.02 Å². The first-order chi connectivity index (χ1) is 9.16. The monoisotopic (exact) mass is 308 g/mol. The van der Waals surface area contributed by atoms with Crippen LogP contribution in [0.2, 0.25) is 10.0 Å². The van der Waals surface area contributed by atoms with E-state index in [-0.39, 0.29) is 5.78 Å². The van der Waals surface area contributed by atoms with Crippen molar-refractivity contribution in [2.45, 2.75) is 4.90 Å². The molecule has 0 N–H and O–H groups in total. The van der Waals surface area contributed by atoms with Crippen molar-refractivity contribution in [3.63, 3.8) is 0 Å². The van der Waals surface area contributed by atoms with Crippen molar-refractivity contribution in [3.8, 4) is 0 Å². The molecule has 0 unspecified atom stereocenters.